The molecule has 0 unspecified atom stereocenters. The minimum Gasteiger partial charge on any atom is -0.475 e. The highest BCUT2D eigenvalue weighted by molar-refractivity contribution is 9.10. The Morgan fingerprint density at radius 3 is 2.48 bits per heavy atom. The number of benzene rings is 2. The monoisotopic (exact) mass is 473 g/mol. The van der Waals surface area contributed by atoms with E-state index in [-0.39, 0.29) is 18.0 Å². The van der Waals surface area contributed by atoms with Crippen molar-refractivity contribution in [2.75, 3.05) is 13.2 Å². The molecule has 2 heterocycles. The van der Waals surface area contributed by atoms with Gasteiger partial charge in [0.15, 0.2) is 11.5 Å². The standard InChI is InChI=1S/C19H16BrN5O3S/c20-15-6-8-16(9-7-15)29(26,27)21-12-13-28-18-11-10-17-22-23-19(25(17)24-18)14-4-2-1-3-5-14/h1-11,21H,12-13H2. The highest BCUT2D eigenvalue weighted by Gasteiger charge is 2.13. The average Bonchev–Trinajstić information content (AvgIpc) is 3.15. The number of sulfonamides is 1. The first-order chi connectivity index (χ1) is 14.0. The molecular formula is C19H16BrN5O3S. The van der Waals surface area contributed by atoms with Crippen LogP contribution in [0.5, 0.6) is 5.88 Å². The Bertz CT molecular complexity index is 1230. The molecule has 0 amide bonds. The summed E-state index contributed by atoms with van der Waals surface area (Å²) in [6.07, 6.45) is 0. The lowest BCUT2D eigenvalue weighted by atomic mass is 10.2. The summed E-state index contributed by atoms with van der Waals surface area (Å²) in [6.45, 7) is 0.225. The summed E-state index contributed by atoms with van der Waals surface area (Å²) in [6, 6.07) is 19.4. The number of rotatable bonds is 7. The van der Waals surface area contributed by atoms with Crippen LogP contribution < -0.4 is 9.46 Å². The van der Waals surface area contributed by atoms with Crippen LogP contribution in [0, 0.1) is 0 Å². The maximum atomic E-state index is 12.3. The molecule has 0 atom stereocenters. The number of ether oxygens (including phenoxy) is 1. The topological polar surface area (TPSA) is 98.5 Å². The van der Waals surface area contributed by atoms with E-state index in [1.54, 1.807) is 28.8 Å². The summed E-state index contributed by atoms with van der Waals surface area (Å²) < 4.78 is 35.1. The molecule has 0 spiro atoms. The fourth-order valence-corrected chi connectivity index (χ4v) is 3.92. The van der Waals surface area contributed by atoms with Crippen molar-refractivity contribution in [3.05, 3.63) is 71.2 Å². The van der Waals surface area contributed by atoms with Gasteiger partial charge in [-0.05, 0) is 30.3 Å². The highest BCUT2D eigenvalue weighted by atomic mass is 79.9. The molecule has 0 aliphatic carbocycles. The molecule has 0 bridgehead atoms. The molecule has 0 saturated heterocycles. The molecule has 10 heteroatoms. The first-order valence-corrected chi connectivity index (χ1v) is 11.0. The van der Waals surface area contributed by atoms with Crippen LogP contribution in [0.2, 0.25) is 0 Å². The molecule has 148 valence electrons. The number of nitrogens with one attached hydrogen (secondary N) is 1. The second-order valence-corrected chi connectivity index (χ2v) is 8.71. The summed E-state index contributed by atoms with van der Waals surface area (Å²) in [5.74, 6) is 0.944. The van der Waals surface area contributed by atoms with Crippen LogP contribution in [0.1, 0.15) is 0 Å². The van der Waals surface area contributed by atoms with Gasteiger partial charge >= 0.3 is 0 Å². The van der Waals surface area contributed by atoms with Crippen LogP contribution in [-0.2, 0) is 10.0 Å². The van der Waals surface area contributed by atoms with Gasteiger partial charge in [-0.25, -0.2) is 13.1 Å². The number of hydrogen-bond donors (Lipinski definition) is 1. The Balaban J connectivity index is 1.42. The van der Waals surface area contributed by atoms with Gasteiger partial charge in [0.25, 0.3) is 0 Å². The first kappa shape index (κ1) is 19.5. The van der Waals surface area contributed by atoms with Gasteiger partial charge in [0.05, 0.1) is 4.90 Å². The van der Waals surface area contributed by atoms with Crippen molar-refractivity contribution in [3.63, 3.8) is 0 Å². The molecule has 1 N–H and O–H groups in total. The molecule has 0 aliphatic rings. The minimum absolute atomic E-state index is 0.103. The van der Waals surface area contributed by atoms with E-state index in [1.807, 2.05) is 30.3 Å². The van der Waals surface area contributed by atoms with Crippen molar-refractivity contribution in [2.45, 2.75) is 4.90 Å². The van der Waals surface area contributed by atoms with E-state index in [0.717, 1.165) is 10.0 Å². The lowest BCUT2D eigenvalue weighted by Gasteiger charge is -2.08. The Labute approximate surface area is 175 Å². The first-order valence-electron chi connectivity index (χ1n) is 8.69. The molecule has 2 aromatic carbocycles. The van der Waals surface area contributed by atoms with Crippen LogP contribution in [0.15, 0.2) is 76.1 Å². The molecule has 4 rings (SSSR count). The van der Waals surface area contributed by atoms with Crippen LogP contribution in [0.4, 0.5) is 0 Å². The zero-order valence-electron chi connectivity index (χ0n) is 15.1. The second-order valence-electron chi connectivity index (χ2n) is 6.03. The maximum Gasteiger partial charge on any atom is 0.240 e. The molecule has 8 nitrogen and oxygen atoms in total. The fraction of sp³-hybridized carbons (Fsp3) is 0.105. The fourth-order valence-electron chi connectivity index (χ4n) is 2.64. The number of nitrogens with zero attached hydrogens (tertiary/aromatic N) is 4. The molecule has 29 heavy (non-hydrogen) atoms. The summed E-state index contributed by atoms with van der Waals surface area (Å²) in [7, 11) is -3.60. The molecule has 0 saturated carbocycles. The van der Waals surface area contributed by atoms with Crippen molar-refractivity contribution < 1.29 is 13.2 Å². The smallest absolute Gasteiger partial charge is 0.240 e. The Morgan fingerprint density at radius 2 is 1.72 bits per heavy atom. The van der Waals surface area contributed by atoms with Crippen molar-refractivity contribution >= 4 is 31.6 Å². The van der Waals surface area contributed by atoms with Crippen LogP contribution in [0.25, 0.3) is 17.0 Å². The van der Waals surface area contributed by atoms with Crippen molar-refractivity contribution in [2.24, 2.45) is 0 Å². The zero-order valence-corrected chi connectivity index (χ0v) is 17.5. The van der Waals surface area contributed by atoms with Gasteiger partial charge in [-0.3, -0.25) is 0 Å². The van der Waals surface area contributed by atoms with Crippen LogP contribution in [0.3, 0.4) is 0 Å². The summed E-state index contributed by atoms with van der Waals surface area (Å²) in [4.78, 5) is 0.192. The Kier molecular flexibility index (Phi) is 5.56. The number of fused-ring (bicyclic) bond motifs is 1. The van der Waals surface area contributed by atoms with Gasteiger partial charge in [0, 0.05) is 22.6 Å². The predicted molar refractivity (Wildman–Crippen MR) is 111 cm³/mol. The van der Waals surface area contributed by atoms with E-state index in [2.05, 4.69) is 35.9 Å². The highest BCUT2D eigenvalue weighted by Crippen LogP contribution is 2.18. The number of halogens is 1. The Morgan fingerprint density at radius 1 is 0.966 bits per heavy atom. The Hall–Kier alpha value is -2.82. The lowest BCUT2D eigenvalue weighted by Crippen LogP contribution is -2.28. The molecule has 0 fully saturated rings. The van der Waals surface area contributed by atoms with Gasteiger partial charge in [-0.15, -0.1) is 15.3 Å². The zero-order chi connectivity index (χ0) is 20.3. The van der Waals surface area contributed by atoms with Crippen molar-refractivity contribution in [3.8, 4) is 17.3 Å². The van der Waals surface area contributed by atoms with E-state index >= 15 is 0 Å². The van der Waals surface area contributed by atoms with Crippen LogP contribution in [-0.4, -0.2) is 41.4 Å². The molecule has 2 aromatic heterocycles. The number of hydrogen-bond acceptors (Lipinski definition) is 6. The van der Waals surface area contributed by atoms with E-state index in [4.69, 9.17) is 4.74 Å². The SMILES string of the molecule is O=S(=O)(NCCOc1ccc2nnc(-c3ccccc3)n2n1)c1ccc(Br)cc1. The largest absolute Gasteiger partial charge is 0.475 e. The molecule has 4 aromatic rings. The second kappa shape index (κ2) is 8.27. The third-order valence-electron chi connectivity index (χ3n) is 4.04. The predicted octanol–water partition coefficient (Wildman–Crippen LogP) is 2.91. The molecule has 0 aliphatic heterocycles. The summed E-state index contributed by atoms with van der Waals surface area (Å²) in [5.41, 5.74) is 1.47. The molecule has 0 radical (unpaired) electrons. The lowest BCUT2D eigenvalue weighted by molar-refractivity contribution is 0.306. The van der Waals surface area contributed by atoms with Gasteiger partial charge in [0.1, 0.15) is 6.61 Å². The summed E-state index contributed by atoms with van der Waals surface area (Å²) >= 11 is 3.28. The van der Waals surface area contributed by atoms with Crippen LogP contribution >= 0.6 is 15.9 Å². The van der Waals surface area contributed by atoms with E-state index < -0.39 is 10.0 Å². The third kappa shape index (κ3) is 4.44. The minimum atomic E-state index is -3.60. The maximum absolute atomic E-state index is 12.3. The number of aromatic nitrogens is 4. The van der Waals surface area contributed by atoms with E-state index in [1.165, 1.54) is 12.1 Å². The van der Waals surface area contributed by atoms with Crippen molar-refractivity contribution in [1.82, 2.24) is 24.5 Å². The molecular weight excluding hydrogens is 458 g/mol. The average molecular weight is 474 g/mol. The third-order valence-corrected chi connectivity index (χ3v) is 6.04. The van der Waals surface area contributed by atoms with E-state index in [0.29, 0.717) is 17.4 Å². The van der Waals surface area contributed by atoms with Gasteiger partial charge in [-0.2, -0.15) is 4.52 Å². The van der Waals surface area contributed by atoms with E-state index in [9.17, 15) is 8.42 Å². The quantitative estimate of drug-likeness (QED) is 0.414. The van der Waals surface area contributed by atoms with Gasteiger partial charge < -0.3 is 4.74 Å². The summed E-state index contributed by atoms with van der Waals surface area (Å²) in [5, 5.41) is 12.7. The van der Waals surface area contributed by atoms with Gasteiger partial charge in [0.2, 0.25) is 15.9 Å². The van der Waals surface area contributed by atoms with Gasteiger partial charge in [-0.1, -0.05) is 46.3 Å². The normalized spacial score (nSPS) is 11.6. The van der Waals surface area contributed by atoms with Crippen molar-refractivity contribution in [1.29, 1.82) is 0 Å².